The Morgan fingerprint density at radius 3 is 1.50 bits per heavy atom. The van der Waals surface area contributed by atoms with E-state index in [0.29, 0.717) is 0 Å². The minimum atomic E-state index is 0. The summed E-state index contributed by atoms with van der Waals surface area (Å²) < 4.78 is 0. The first-order chi connectivity index (χ1) is 6.31. The van der Waals surface area contributed by atoms with Crippen molar-refractivity contribution < 1.29 is 5.48 Å². The number of hydrogen-bond donors (Lipinski definition) is 0. The zero-order valence-corrected chi connectivity index (χ0v) is 10.0. The van der Waals surface area contributed by atoms with Crippen LogP contribution < -0.4 is 0 Å². The molecule has 1 nitrogen and oxygen atoms in total. The second kappa shape index (κ2) is 12.5. The van der Waals surface area contributed by atoms with Crippen LogP contribution >= 0.6 is 0 Å². The molecule has 1 aliphatic carbocycles. The highest BCUT2D eigenvalue weighted by molar-refractivity contribution is 4.89. The molecular weight excluding hydrogens is 172 g/mol. The molecule has 1 rings (SSSR count). The first-order valence-corrected chi connectivity index (χ1v) is 5.64. The maximum Gasteiger partial charge on any atom is -0.00271 e. The molecule has 0 aliphatic heterocycles. The van der Waals surface area contributed by atoms with E-state index in [1.54, 1.807) is 0 Å². The molecule has 1 aliphatic rings. The molecule has 1 fully saturated rings. The maximum atomic E-state index is 2.68. The van der Waals surface area contributed by atoms with Gasteiger partial charge in [0.2, 0.25) is 0 Å². The van der Waals surface area contributed by atoms with Gasteiger partial charge in [0.15, 0.2) is 0 Å². The molecule has 0 atom stereocenters. The van der Waals surface area contributed by atoms with Crippen molar-refractivity contribution in [3.63, 3.8) is 0 Å². The Kier molecular flexibility index (Phi) is 14.3. The second-order valence-corrected chi connectivity index (χ2v) is 3.95. The van der Waals surface area contributed by atoms with Crippen LogP contribution in [0.25, 0.3) is 0 Å². The molecule has 14 heavy (non-hydrogen) atoms. The lowest BCUT2D eigenvalue weighted by Crippen LogP contribution is -1.97. The Morgan fingerprint density at radius 1 is 0.786 bits per heavy atom. The average Bonchev–Trinajstić information content (AvgIpc) is 2.12. The van der Waals surface area contributed by atoms with Gasteiger partial charge >= 0.3 is 0 Å². The van der Waals surface area contributed by atoms with E-state index in [1.165, 1.54) is 44.9 Å². The van der Waals surface area contributed by atoms with Crippen LogP contribution in [-0.2, 0) is 0 Å². The summed E-state index contributed by atoms with van der Waals surface area (Å²) in [5.74, 6) is 6.38. The average molecular weight is 198 g/mol. The van der Waals surface area contributed by atoms with Gasteiger partial charge in [-0.15, -0.1) is 11.8 Å². The summed E-state index contributed by atoms with van der Waals surface area (Å²) in [6.45, 7) is 6.03. The lowest BCUT2D eigenvalue weighted by molar-refractivity contribution is 0.404. The zero-order valence-electron chi connectivity index (χ0n) is 10.0. The molecular formula is C13H26O. The Bertz CT molecular complexity index is 138. The van der Waals surface area contributed by atoms with E-state index in [4.69, 9.17) is 0 Å². The summed E-state index contributed by atoms with van der Waals surface area (Å²) in [5, 5.41) is 0. The van der Waals surface area contributed by atoms with E-state index in [-0.39, 0.29) is 5.48 Å². The van der Waals surface area contributed by atoms with Crippen molar-refractivity contribution in [1.29, 1.82) is 0 Å². The van der Waals surface area contributed by atoms with Crippen LogP contribution in [-0.4, -0.2) is 5.48 Å². The maximum absolute atomic E-state index is 2.68. The minimum absolute atomic E-state index is 0. The van der Waals surface area contributed by atoms with E-state index in [9.17, 15) is 0 Å². The summed E-state index contributed by atoms with van der Waals surface area (Å²) in [7, 11) is 0. The van der Waals surface area contributed by atoms with Gasteiger partial charge in [0.1, 0.15) is 0 Å². The lowest BCUT2D eigenvalue weighted by atomic mass is 9.93. The first-order valence-electron chi connectivity index (χ1n) is 5.64. The number of rotatable bonds is 0. The number of hydrogen-bond acceptors (Lipinski definition) is 0. The van der Waals surface area contributed by atoms with Crippen LogP contribution in [0.2, 0.25) is 0 Å². The molecule has 0 amide bonds. The predicted octanol–water partition coefficient (Wildman–Crippen LogP) is 3.57. The van der Waals surface area contributed by atoms with Crippen molar-refractivity contribution in [3.05, 3.63) is 0 Å². The highest BCUT2D eigenvalue weighted by Gasteiger charge is 2.04. The fourth-order valence-electron chi connectivity index (χ4n) is 1.66. The van der Waals surface area contributed by atoms with Crippen LogP contribution in [0.5, 0.6) is 0 Å². The van der Waals surface area contributed by atoms with Gasteiger partial charge in [0, 0.05) is 0 Å². The molecule has 0 aromatic carbocycles. The summed E-state index contributed by atoms with van der Waals surface area (Å²) in [4.78, 5) is 0. The second-order valence-electron chi connectivity index (χ2n) is 3.95. The Morgan fingerprint density at radius 2 is 1.14 bits per heavy atom. The van der Waals surface area contributed by atoms with Crippen LogP contribution in [0.15, 0.2) is 0 Å². The fourth-order valence-corrected chi connectivity index (χ4v) is 1.66. The molecule has 0 aromatic heterocycles. The SMILES string of the molecule is CC#CC.CC1CCCCCCC1.O. The van der Waals surface area contributed by atoms with Crippen LogP contribution in [0, 0.1) is 17.8 Å². The third-order valence-corrected chi connectivity index (χ3v) is 2.64. The van der Waals surface area contributed by atoms with Gasteiger partial charge in [-0.1, -0.05) is 51.9 Å². The molecule has 0 aromatic rings. The van der Waals surface area contributed by atoms with Crippen molar-refractivity contribution in [1.82, 2.24) is 0 Å². The van der Waals surface area contributed by atoms with Gasteiger partial charge < -0.3 is 5.48 Å². The van der Waals surface area contributed by atoms with Gasteiger partial charge in [-0.3, -0.25) is 0 Å². The Balaban J connectivity index is 0. The smallest absolute Gasteiger partial charge is 0.00271 e. The molecule has 0 bridgehead atoms. The highest BCUT2D eigenvalue weighted by Crippen LogP contribution is 2.20. The quantitative estimate of drug-likeness (QED) is 0.533. The minimum Gasteiger partial charge on any atom is -0.412 e. The van der Waals surface area contributed by atoms with Crippen molar-refractivity contribution in [2.45, 2.75) is 65.7 Å². The highest BCUT2D eigenvalue weighted by atomic mass is 16.0. The molecule has 1 heteroatoms. The molecule has 2 N–H and O–H groups in total. The van der Waals surface area contributed by atoms with E-state index in [1.807, 2.05) is 13.8 Å². The Hall–Kier alpha value is -0.480. The van der Waals surface area contributed by atoms with Gasteiger partial charge in [-0.25, -0.2) is 0 Å². The molecule has 0 saturated heterocycles. The van der Waals surface area contributed by atoms with Crippen LogP contribution in [0.1, 0.15) is 65.7 Å². The van der Waals surface area contributed by atoms with Gasteiger partial charge in [-0.2, -0.15) is 0 Å². The normalized spacial score (nSPS) is 17.1. The molecule has 0 unspecified atom stereocenters. The summed E-state index contributed by atoms with van der Waals surface area (Å²) in [6, 6.07) is 0. The van der Waals surface area contributed by atoms with E-state index in [2.05, 4.69) is 18.8 Å². The van der Waals surface area contributed by atoms with Gasteiger partial charge in [0.25, 0.3) is 0 Å². The molecule has 0 heterocycles. The summed E-state index contributed by atoms with van der Waals surface area (Å²) in [5.41, 5.74) is 0. The van der Waals surface area contributed by atoms with Crippen LogP contribution in [0.4, 0.5) is 0 Å². The molecule has 1 saturated carbocycles. The lowest BCUT2D eigenvalue weighted by Gasteiger charge is -2.13. The Labute approximate surface area is 89.6 Å². The van der Waals surface area contributed by atoms with Crippen molar-refractivity contribution in [2.24, 2.45) is 5.92 Å². The first kappa shape index (κ1) is 16.0. The largest absolute Gasteiger partial charge is 0.412 e. The standard InChI is InChI=1S/C9H18.C4H6.H2O/c1-9-7-5-3-2-4-6-8-9;1-3-4-2;/h9H,2-8H2,1H3;1-2H3;1H2. The monoisotopic (exact) mass is 198 g/mol. The van der Waals surface area contributed by atoms with Crippen LogP contribution in [0.3, 0.4) is 0 Å². The van der Waals surface area contributed by atoms with Gasteiger partial charge in [-0.05, 0) is 19.8 Å². The molecule has 0 spiro atoms. The predicted molar refractivity (Wildman–Crippen MR) is 64.2 cm³/mol. The fraction of sp³-hybridized carbons (Fsp3) is 0.846. The van der Waals surface area contributed by atoms with Gasteiger partial charge in [0.05, 0.1) is 0 Å². The van der Waals surface area contributed by atoms with Crippen molar-refractivity contribution in [3.8, 4) is 11.8 Å². The third-order valence-electron chi connectivity index (χ3n) is 2.64. The molecule has 84 valence electrons. The van der Waals surface area contributed by atoms with Crippen molar-refractivity contribution >= 4 is 0 Å². The summed E-state index contributed by atoms with van der Waals surface area (Å²) in [6.07, 6.45) is 10.4. The van der Waals surface area contributed by atoms with Crippen molar-refractivity contribution in [2.75, 3.05) is 0 Å². The topological polar surface area (TPSA) is 31.5 Å². The third kappa shape index (κ3) is 11.5. The molecule has 0 radical (unpaired) electrons. The van der Waals surface area contributed by atoms with E-state index < -0.39 is 0 Å². The summed E-state index contributed by atoms with van der Waals surface area (Å²) >= 11 is 0. The van der Waals surface area contributed by atoms with E-state index in [0.717, 1.165) is 5.92 Å². The van der Waals surface area contributed by atoms with E-state index >= 15 is 0 Å². The zero-order chi connectivity index (χ0) is 9.94.